The van der Waals surface area contributed by atoms with Crippen molar-refractivity contribution in [1.82, 2.24) is 4.90 Å². The standard InChI is InChI=1S/C32H37NO4S/c1-35-27-13-14-31-28(21-27)29(32(38-31)24-9-11-26(12-10-24)37-18-6-5-17-34)19-23-7-8-25(30(20-23)36-2)22-33-15-3-4-16-33/h7-14,20-21,34H,3-6,15-19,22H2,1-2H3. The van der Waals surface area contributed by atoms with Gasteiger partial charge in [0.05, 0.1) is 20.8 Å². The number of hydrogen-bond acceptors (Lipinski definition) is 6. The number of methoxy groups -OCH3 is 2. The lowest BCUT2D eigenvalue weighted by molar-refractivity contribution is 0.253. The van der Waals surface area contributed by atoms with E-state index < -0.39 is 0 Å². The SMILES string of the molecule is COc1ccc2sc(-c3ccc(OCCCCO)cc3)c(Cc3ccc(CN4CCCC4)c(OC)c3)c2c1. The Morgan fingerprint density at radius 3 is 2.39 bits per heavy atom. The van der Waals surface area contributed by atoms with Gasteiger partial charge in [-0.1, -0.05) is 12.1 Å². The molecule has 0 atom stereocenters. The Morgan fingerprint density at radius 1 is 0.868 bits per heavy atom. The maximum Gasteiger partial charge on any atom is 0.123 e. The number of aliphatic hydroxyl groups is 1. The summed E-state index contributed by atoms with van der Waals surface area (Å²) in [7, 11) is 3.49. The average Bonchev–Trinajstić information content (AvgIpc) is 3.60. The molecule has 1 aliphatic heterocycles. The topological polar surface area (TPSA) is 51.2 Å². The molecule has 2 heterocycles. The van der Waals surface area contributed by atoms with Crippen LogP contribution in [-0.2, 0) is 13.0 Å². The minimum absolute atomic E-state index is 0.203. The van der Waals surface area contributed by atoms with Crippen molar-refractivity contribution in [3.63, 3.8) is 0 Å². The highest BCUT2D eigenvalue weighted by Crippen LogP contribution is 2.42. The van der Waals surface area contributed by atoms with Gasteiger partial charge in [0.15, 0.2) is 0 Å². The normalized spacial score (nSPS) is 13.8. The second-order valence-corrected chi connectivity index (χ2v) is 10.9. The van der Waals surface area contributed by atoms with Crippen molar-refractivity contribution < 1.29 is 19.3 Å². The first-order valence-corrected chi connectivity index (χ1v) is 14.3. The van der Waals surface area contributed by atoms with E-state index in [1.807, 2.05) is 29.5 Å². The molecule has 1 N–H and O–H groups in total. The summed E-state index contributed by atoms with van der Waals surface area (Å²) in [6, 6.07) is 21.4. The van der Waals surface area contributed by atoms with Gasteiger partial charge >= 0.3 is 0 Å². The van der Waals surface area contributed by atoms with Crippen LogP contribution in [0.25, 0.3) is 20.5 Å². The van der Waals surface area contributed by atoms with E-state index in [-0.39, 0.29) is 6.61 Å². The lowest BCUT2D eigenvalue weighted by Gasteiger charge is -2.18. The molecular weight excluding hydrogens is 494 g/mol. The van der Waals surface area contributed by atoms with E-state index in [9.17, 15) is 0 Å². The van der Waals surface area contributed by atoms with Crippen LogP contribution in [0.1, 0.15) is 42.4 Å². The lowest BCUT2D eigenvalue weighted by Crippen LogP contribution is -2.18. The van der Waals surface area contributed by atoms with Crippen LogP contribution in [0, 0.1) is 0 Å². The second-order valence-electron chi connectivity index (χ2n) is 9.88. The molecule has 0 bridgehead atoms. The van der Waals surface area contributed by atoms with Gasteiger partial charge in [0.2, 0.25) is 0 Å². The molecule has 1 aliphatic rings. The molecule has 1 fully saturated rings. The zero-order valence-electron chi connectivity index (χ0n) is 22.4. The summed E-state index contributed by atoms with van der Waals surface area (Å²) in [5, 5.41) is 10.2. The molecule has 0 unspecified atom stereocenters. The summed E-state index contributed by atoms with van der Waals surface area (Å²) in [4.78, 5) is 3.77. The molecule has 1 aromatic heterocycles. The van der Waals surface area contributed by atoms with Gasteiger partial charge in [-0.15, -0.1) is 11.3 Å². The highest BCUT2D eigenvalue weighted by atomic mass is 32.1. The van der Waals surface area contributed by atoms with Crippen molar-refractivity contribution in [3.05, 3.63) is 77.4 Å². The van der Waals surface area contributed by atoms with E-state index in [2.05, 4.69) is 47.4 Å². The van der Waals surface area contributed by atoms with Crippen molar-refractivity contribution in [3.8, 4) is 27.7 Å². The van der Waals surface area contributed by atoms with Crippen LogP contribution in [0.2, 0.25) is 0 Å². The van der Waals surface area contributed by atoms with Gasteiger partial charge < -0.3 is 19.3 Å². The number of hydrogen-bond donors (Lipinski definition) is 1. The molecule has 6 heteroatoms. The molecule has 38 heavy (non-hydrogen) atoms. The van der Waals surface area contributed by atoms with Crippen molar-refractivity contribution in [2.24, 2.45) is 0 Å². The number of rotatable bonds is 12. The van der Waals surface area contributed by atoms with E-state index in [0.29, 0.717) is 6.61 Å². The highest BCUT2D eigenvalue weighted by Gasteiger charge is 2.18. The number of thiophene rings is 1. The molecule has 0 amide bonds. The van der Waals surface area contributed by atoms with Crippen LogP contribution in [0.3, 0.4) is 0 Å². The number of nitrogens with zero attached hydrogens (tertiary/aromatic N) is 1. The molecule has 200 valence electrons. The van der Waals surface area contributed by atoms with Gasteiger partial charge in [0, 0.05) is 33.7 Å². The zero-order chi connectivity index (χ0) is 26.3. The van der Waals surface area contributed by atoms with Crippen LogP contribution in [0.15, 0.2) is 60.7 Å². The quantitative estimate of drug-likeness (QED) is 0.201. The maximum absolute atomic E-state index is 8.98. The van der Waals surface area contributed by atoms with Crippen LogP contribution in [0.4, 0.5) is 0 Å². The number of ether oxygens (including phenoxy) is 3. The molecule has 0 radical (unpaired) electrons. The highest BCUT2D eigenvalue weighted by molar-refractivity contribution is 7.22. The minimum Gasteiger partial charge on any atom is -0.497 e. The van der Waals surface area contributed by atoms with Crippen LogP contribution < -0.4 is 14.2 Å². The average molecular weight is 532 g/mol. The van der Waals surface area contributed by atoms with Crippen molar-refractivity contribution in [2.75, 3.05) is 40.5 Å². The van der Waals surface area contributed by atoms with Crippen LogP contribution in [0.5, 0.6) is 17.2 Å². The Morgan fingerprint density at radius 2 is 1.66 bits per heavy atom. The summed E-state index contributed by atoms with van der Waals surface area (Å²) >= 11 is 1.82. The van der Waals surface area contributed by atoms with E-state index in [4.69, 9.17) is 19.3 Å². The Bertz CT molecular complexity index is 1340. The van der Waals surface area contributed by atoms with Crippen LogP contribution >= 0.6 is 11.3 Å². The molecule has 1 saturated heterocycles. The Kier molecular flexibility index (Phi) is 8.84. The maximum atomic E-state index is 8.98. The van der Waals surface area contributed by atoms with Gasteiger partial charge in [-0.2, -0.15) is 0 Å². The smallest absolute Gasteiger partial charge is 0.123 e. The molecule has 0 saturated carbocycles. The second kappa shape index (κ2) is 12.7. The fourth-order valence-electron chi connectivity index (χ4n) is 5.19. The van der Waals surface area contributed by atoms with Crippen molar-refractivity contribution in [2.45, 2.75) is 38.6 Å². The lowest BCUT2D eigenvalue weighted by atomic mass is 9.97. The molecule has 5 nitrogen and oxygen atoms in total. The minimum atomic E-state index is 0.203. The van der Waals surface area contributed by atoms with Crippen molar-refractivity contribution in [1.29, 1.82) is 0 Å². The van der Waals surface area contributed by atoms with E-state index in [1.54, 1.807) is 14.2 Å². The summed E-state index contributed by atoms with van der Waals surface area (Å²) in [5.41, 5.74) is 4.97. The molecule has 3 aromatic carbocycles. The van der Waals surface area contributed by atoms with Gasteiger partial charge in [-0.3, -0.25) is 4.90 Å². The van der Waals surface area contributed by atoms with Crippen molar-refractivity contribution >= 4 is 21.4 Å². The number of likely N-dealkylation sites (tertiary alicyclic amines) is 1. The molecule has 5 rings (SSSR count). The Labute approximate surface area is 229 Å². The predicted molar refractivity (Wildman–Crippen MR) is 156 cm³/mol. The fraction of sp³-hybridized carbons (Fsp3) is 0.375. The number of fused-ring (bicyclic) bond motifs is 1. The number of benzene rings is 3. The van der Waals surface area contributed by atoms with E-state index >= 15 is 0 Å². The number of unbranched alkanes of at least 4 members (excludes halogenated alkanes) is 1. The first kappa shape index (κ1) is 26.5. The van der Waals surface area contributed by atoms with Crippen LogP contribution in [-0.4, -0.2) is 50.5 Å². The number of aliphatic hydroxyl groups excluding tert-OH is 1. The Balaban J connectivity index is 1.45. The summed E-state index contributed by atoms with van der Waals surface area (Å²) in [6.45, 7) is 4.10. The molecule has 0 spiro atoms. The van der Waals surface area contributed by atoms with Gasteiger partial charge in [0.1, 0.15) is 17.2 Å². The van der Waals surface area contributed by atoms with Gasteiger partial charge in [0.25, 0.3) is 0 Å². The first-order valence-electron chi connectivity index (χ1n) is 13.5. The van der Waals surface area contributed by atoms with E-state index in [0.717, 1.165) is 43.1 Å². The summed E-state index contributed by atoms with van der Waals surface area (Å²) in [6.07, 6.45) is 4.99. The summed E-state index contributed by atoms with van der Waals surface area (Å²) < 4.78 is 18.5. The van der Waals surface area contributed by atoms with Gasteiger partial charge in [-0.25, -0.2) is 0 Å². The Hall–Kier alpha value is -3.06. The first-order chi connectivity index (χ1) is 18.7. The summed E-state index contributed by atoms with van der Waals surface area (Å²) in [5.74, 6) is 2.69. The van der Waals surface area contributed by atoms with Gasteiger partial charge in [-0.05, 0) is 110 Å². The molecule has 0 aliphatic carbocycles. The third kappa shape index (κ3) is 6.15. The van der Waals surface area contributed by atoms with E-state index in [1.165, 1.54) is 63.1 Å². The largest absolute Gasteiger partial charge is 0.497 e. The molecule has 4 aromatic rings. The third-order valence-corrected chi connectivity index (χ3v) is 8.52. The molecular formula is C32H37NO4S. The predicted octanol–water partition coefficient (Wildman–Crippen LogP) is 6.92. The monoisotopic (exact) mass is 531 g/mol. The zero-order valence-corrected chi connectivity index (χ0v) is 23.2. The third-order valence-electron chi connectivity index (χ3n) is 7.26. The fourth-order valence-corrected chi connectivity index (χ4v) is 6.39.